The molecule has 0 spiro atoms. The summed E-state index contributed by atoms with van der Waals surface area (Å²) in [5, 5.41) is 6.09. The summed E-state index contributed by atoms with van der Waals surface area (Å²) < 4.78 is 15.9. The van der Waals surface area contributed by atoms with E-state index in [0.29, 0.717) is 0 Å². The van der Waals surface area contributed by atoms with Crippen molar-refractivity contribution in [1.82, 2.24) is 4.57 Å². The van der Waals surface area contributed by atoms with Crippen LogP contribution in [0.4, 0.5) is 0 Å². The first-order chi connectivity index (χ1) is 34.8. The highest BCUT2D eigenvalue weighted by atomic mass is 16.3. The SMILES string of the molecule is CCC1C(c2ccc3c(c2)oc2cccc(-c4ccccc4)c23)=C(C)C(C)C(C2C=Cc3c(oc4ccccc34)C2)=NC1c1cccc(-n2c3ccccc3c3c4c(ccc32)-c2ccccc2C4(C)C)c1. The molecule has 3 aliphatic rings. The van der Waals surface area contributed by atoms with Crippen molar-refractivity contribution in [1.29, 1.82) is 0 Å². The number of fused-ring (bicyclic) bond motifs is 13. The molecule has 4 heteroatoms. The predicted octanol–water partition coefficient (Wildman–Crippen LogP) is 17.9. The number of rotatable bonds is 6. The fourth-order valence-corrected chi connectivity index (χ4v) is 13.3. The lowest BCUT2D eigenvalue weighted by Gasteiger charge is -2.27. The Hall–Kier alpha value is -7.95. The monoisotopic (exact) mass is 918 g/mol. The van der Waals surface area contributed by atoms with Gasteiger partial charge in [0.05, 0.1) is 17.1 Å². The van der Waals surface area contributed by atoms with Gasteiger partial charge >= 0.3 is 0 Å². The number of furan rings is 2. The van der Waals surface area contributed by atoms with Gasteiger partial charge in [0.15, 0.2) is 0 Å². The van der Waals surface area contributed by atoms with Crippen LogP contribution in [0.25, 0.3) is 94.3 Å². The van der Waals surface area contributed by atoms with E-state index < -0.39 is 0 Å². The Morgan fingerprint density at radius 1 is 0.620 bits per heavy atom. The fraction of sp³-hybridized carbons (Fsp3) is 0.179. The van der Waals surface area contributed by atoms with Crippen LogP contribution in [-0.4, -0.2) is 10.3 Å². The maximum atomic E-state index is 6.81. The molecule has 0 amide bonds. The first-order valence-corrected chi connectivity index (χ1v) is 25.5. The van der Waals surface area contributed by atoms with Gasteiger partial charge in [0.1, 0.15) is 22.5 Å². The summed E-state index contributed by atoms with van der Waals surface area (Å²) in [6.45, 7) is 11.9. The average molecular weight is 919 g/mol. The van der Waals surface area contributed by atoms with E-state index in [1.54, 1.807) is 0 Å². The van der Waals surface area contributed by atoms with Crippen LogP contribution in [0, 0.1) is 17.8 Å². The van der Waals surface area contributed by atoms with Crippen LogP contribution in [0.1, 0.15) is 80.7 Å². The molecule has 0 radical (unpaired) electrons. The van der Waals surface area contributed by atoms with Gasteiger partial charge in [0, 0.05) is 73.5 Å². The minimum atomic E-state index is -0.155. The van der Waals surface area contributed by atoms with Gasteiger partial charge < -0.3 is 13.4 Å². The van der Waals surface area contributed by atoms with Crippen molar-refractivity contribution in [2.75, 3.05) is 0 Å². The van der Waals surface area contributed by atoms with Gasteiger partial charge in [-0.25, -0.2) is 0 Å². The summed E-state index contributed by atoms with van der Waals surface area (Å²) in [5.74, 6) is 1.29. The minimum Gasteiger partial charge on any atom is -0.460 e. The Morgan fingerprint density at radius 3 is 2.25 bits per heavy atom. The largest absolute Gasteiger partial charge is 0.460 e. The normalized spacial score (nSPS) is 19.4. The lowest BCUT2D eigenvalue weighted by Crippen LogP contribution is -2.25. The molecule has 3 aromatic heterocycles. The van der Waals surface area contributed by atoms with E-state index in [2.05, 4.69) is 227 Å². The number of benzene rings is 8. The Bertz CT molecular complexity index is 4090. The number of nitrogens with zero attached hydrogens (tertiary/aromatic N) is 2. The van der Waals surface area contributed by atoms with Crippen molar-refractivity contribution in [3.8, 4) is 27.9 Å². The first kappa shape index (κ1) is 42.0. The molecule has 1 aliphatic heterocycles. The van der Waals surface area contributed by atoms with E-state index in [1.165, 1.54) is 94.1 Å². The number of hydrogen-bond donors (Lipinski definition) is 0. The highest BCUT2D eigenvalue weighted by Crippen LogP contribution is 2.54. The van der Waals surface area contributed by atoms with Crippen LogP contribution in [0.15, 0.2) is 201 Å². The van der Waals surface area contributed by atoms with Gasteiger partial charge in [0.2, 0.25) is 0 Å². The third-order valence-electron chi connectivity index (χ3n) is 16.7. The van der Waals surface area contributed by atoms with E-state index in [4.69, 9.17) is 13.8 Å². The fourth-order valence-electron chi connectivity index (χ4n) is 13.3. The summed E-state index contributed by atoms with van der Waals surface area (Å²) >= 11 is 0. The summed E-state index contributed by atoms with van der Waals surface area (Å²) in [4.78, 5) is 6.08. The Kier molecular flexibility index (Phi) is 9.33. The zero-order valence-corrected chi connectivity index (χ0v) is 40.8. The zero-order chi connectivity index (χ0) is 47.7. The van der Waals surface area contributed by atoms with Gasteiger partial charge in [0.25, 0.3) is 0 Å². The van der Waals surface area contributed by atoms with Crippen LogP contribution in [0.3, 0.4) is 0 Å². The molecule has 0 saturated heterocycles. The van der Waals surface area contributed by atoms with Crippen LogP contribution in [0.5, 0.6) is 0 Å². The lowest BCUT2D eigenvalue weighted by molar-refractivity contribution is 0.514. The highest BCUT2D eigenvalue weighted by molar-refractivity contribution is 6.15. The van der Waals surface area contributed by atoms with Crippen molar-refractivity contribution in [2.24, 2.45) is 22.7 Å². The summed E-state index contributed by atoms with van der Waals surface area (Å²) in [7, 11) is 0. The standard InChI is InChI=1S/C67H54N2O2/c1-6-46-61(42-30-33-53-60(37-42)71-58-29-17-25-47(62(53)58)41-18-8-7-9-19-41)39(2)40(3)65(44-31-32-50-49-23-12-15-28-57(49)70-59(50)38-44)68-66(46)43-20-16-21-45(36-43)69-55-27-14-11-24-52(55)63-56(69)35-34-51-48-22-10-13-26-54(48)67(4,5)64(51)63/h7-37,40,44,46,66H,6,38H2,1-5H3. The zero-order valence-electron chi connectivity index (χ0n) is 40.8. The van der Waals surface area contributed by atoms with Crippen molar-refractivity contribution in [3.05, 3.63) is 221 Å². The summed E-state index contributed by atoms with van der Waals surface area (Å²) in [6, 6.07) is 64.3. The van der Waals surface area contributed by atoms with Gasteiger partial charge in [-0.3, -0.25) is 4.99 Å². The van der Waals surface area contributed by atoms with Crippen LogP contribution in [-0.2, 0) is 11.8 Å². The maximum absolute atomic E-state index is 6.81. The minimum absolute atomic E-state index is 0.0794. The number of para-hydroxylation sites is 2. The topological polar surface area (TPSA) is 43.6 Å². The molecule has 344 valence electrons. The number of aliphatic imine (C=N–C) groups is 1. The predicted molar refractivity (Wildman–Crippen MR) is 296 cm³/mol. The van der Waals surface area contributed by atoms with E-state index >= 15 is 0 Å². The van der Waals surface area contributed by atoms with Crippen molar-refractivity contribution in [2.45, 2.75) is 58.9 Å². The third kappa shape index (κ3) is 6.19. The van der Waals surface area contributed by atoms with Gasteiger partial charge in [-0.1, -0.05) is 173 Å². The van der Waals surface area contributed by atoms with E-state index in [9.17, 15) is 0 Å². The summed E-state index contributed by atoms with van der Waals surface area (Å²) in [5.41, 5.74) is 21.6. The lowest BCUT2D eigenvalue weighted by atomic mass is 9.77. The molecule has 0 bridgehead atoms. The molecule has 2 aliphatic carbocycles. The Morgan fingerprint density at radius 2 is 1.38 bits per heavy atom. The van der Waals surface area contributed by atoms with Gasteiger partial charge in [-0.05, 0) is 112 Å². The molecule has 14 rings (SSSR count). The highest BCUT2D eigenvalue weighted by Gasteiger charge is 2.39. The molecule has 8 aromatic carbocycles. The molecule has 0 saturated carbocycles. The quantitative estimate of drug-likeness (QED) is 0.167. The van der Waals surface area contributed by atoms with Gasteiger partial charge in [-0.15, -0.1) is 0 Å². The molecular formula is C67H54N2O2. The maximum Gasteiger partial charge on any atom is 0.136 e. The molecule has 71 heavy (non-hydrogen) atoms. The molecule has 4 heterocycles. The molecule has 4 unspecified atom stereocenters. The molecule has 4 nitrogen and oxygen atoms in total. The second kappa shape index (κ2) is 15.8. The molecule has 0 fully saturated rings. The smallest absolute Gasteiger partial charge is 0.136 e. The molecule has 11 aromatic rings. The van der Waals surface area contributed by atoms with E-state index in [1.807, 2.05) is 0 Å². The van der Waals surface area contributed by atoms with E-state index in [0.717, 1.165) is 51.8 Å². The number of aromatic nitrogens is 1. The number of allylic oxidation sites excluding steroid dienone is 2. The second-order valence-electron chi connectivity index (χ2n) is 20.8. The van der Waals surface area contributed by atoms with Gasteiger partial charge in [-0.2, -0.15) is 0 Å². The van der Waals surface area contributed by atoms with Crippen molar-refractivity contribution < 1.29 is 8.83 Å². The Labute approximate surface area is 414 Å². The van der Waals surface area contributed by atoms with E-state index in [-0.39, 0.29) is 29.2 Å². The first-order valence-electron chi connectivity index (χ1n) is 25.5. The van der Waals surface area contributed by atoms with Crippen LogP contribution < -0.4 is 0 Å². The third-order valence-corrected chi connectivity index (χ3v) is 16.7. The van der Waals surface area contributed by atoms with Crippen LogP contribution >= 0.6 is 0 Å². The molecule has 4 atom stereocenters. The van der Waals surface area contributed by atoms with Crippen molar-refractivity contribution in [3.63, 3.8) is 0 Å². The van der Waals surface area contributed by atoms with Crippen LogP contribution in [0.2, 0.25) is 0 Å². The summed E-state index contributed by atoms with van der Waals surface area (Å²) in [6.07, 6.45) is 6.37. The molecular weight excluding hydrogens is 865 g/mol. The number of hydrogen-bond acceptors (Lipinski definition) is 3. The molecule has 0 N–H and O–H groups in total. The van der Waals surface area contributed by atoms with Crippen molar-refractivity contribution >= 4 is 72.1 Å². The average Bonchev–Trinajstić information content (AvgIpc) is 4.12. The Balaban J connectivity index is 0.948. The second-order valence-corrected chi connectivity index (χ2v) is 20.8.